The van der Waals surface area contributed by atoms with Gasteiger partial charge >= 0.3 is 47.7 Å². The topological polar surface area (TPSA) is 57.5 Å². The fraction of sp³-hybridized carbons (Fsp3) is 0.800. The van der Waals surface area contributed by atoms with Crippen molar-refractivity contribution in [2.45, 2.75) is 47.8 Å². The Balaban J connectivity index is 6.46. The van der Waals surface area contributed by atoms with Crippen LogP contribution in [-0.4, -0.2) is 95.7 Å². The fourth-order valence-corrected chi connectivity index (χ4v) is 2.38. The molecule has 1 atom stereocenters. The molecule has 20 heteroatoms. The number of hydrogen-bond donors (Lipinski definition) is 2. The summed E-state index contributed by atoms with van der Waals surface area (Å²) in [5.41, 5.74) is 0. The lowest BCUT2D eigenvalue weighted by atomic mass is 9.90. The molecule has 0 aliphatic heterocycles. The third kappa shape index (κ3) is 5.56. The van der Waals surface area contributed by atoms with Gasteiger partial charge in [0.05, 0.1) is 14.1 Å². The standard InChI is InChI=1S/C15H13F16NO3/c1-32(2,5-8(34)35)4-6(33)3-7(16)9(17,18)10(19,20)11(21,22)12(23,24)13(25,26)14(27,28)15(29,30)31/h3,6,33H,4-5H2,1-2H3/p+1. The van der Waals surface area contributed by atoms with Gasteiger partial charge in [0.1, 0.15) is 12.6 Å². The predicted molar refractivity (Wildman–Crippen MR) is 80.4 cm³/mol. The minimum absolute atomic E-state index is 0.921. The number of allylic oxidation sites excluding steroid dienone is 1. The van der Waals surface area contributed by atoms with Gasteiger partial charge in [-0.15, -0.1) is 0 Å². The Morgan fingerprint density at radius 3 is 1.43 bits per heavy atom. The zero-order chi connectivity index (χ0) is 28.9. The van der Waals surface area contributed by atoms with Crippen LogP contribution in [0.4, 0.5) is 70.2 Å². The molecule has 208 valence electrons. The number of carboxylic acids is 1. The molecule has 2 N–H and O–H groups in total. The maximum atomic E-state index is 13.7. The Labute approximate surface area is 184 Å². The summed E-state index contributed by atoms with van der Waals surface area (Å²) in [5.74, 6) is -54.6. The zero-order valence-electron chi connectivity index (χ0n) is 16.9. The van der Waals surface area contributed by atoms with Crippen LogP contribution in [0.3, 0.4) is 0 Å². The van der Waals surface area contributed by atoms with E-state index in [0.717, 1.165) is 14.1 Å². The van der Waals surface area contributed by atoms with Crippen LogP contribution in [0.25, 0.3) is 0 Å². The van der Waals surface area contributed by atoms with Crippen molar-refractivity contribution in [3.05, 3.63) is 11.9 Å². The average molecular weight is 560 g/mol. The number of halogens is 16. The molecule has 4 nitrogen and oxygen atoms in total. The van der Waals surface area contributed by atoms with Crippen molar-refractivity contribution in [3.8, 4) is 0 Å². The van der Waals surface area contributed by atoms with Crippen molar-refractivity contribution < 1.29 is 89.7 Å². The van der Waals surface area contributed by atoms with Gasteiger partial charge in [-0.2, -0.15) is 65.9 Å². The summed E-state index contributed by atoms with van der Waals surface area (Å²) in [4.78, 5) is 10.6. The number of aliphatic carboxylic acids is 1. The van der Waals surface area contributed by atoms with Crippen molar-refractivity contribution in [1.82, 2.24) is 0 Å². The second-order valence-electron chi connectivity index (χ2n) is 7.70. The molecule has 0 bridgehead atoms. The molecule has 0 aromatic rings. The molecule has 0 rings (SSSR count). The number of nitrogens with zero attached hydrogens (tertiary/aromatic N) is 1. The summed E-state index contributed by atoms with van der Waals surface area (Å²) in [6.07, 6.45) is -11.5. The van der Waals surface area contributed by atoms with E-state index in [4.69, 9.17) is 5.11 Å². The first-order valence-corrected chi connectivity index (χ1v) is 8.37. The van der Waals surface area contributed by atoms with Gasteiger partial charge in [-0.05, 0) is 6.08 Å². The largest absolute Gasteiger partial charge is 0.477 e. The Morgan fingerprint density at radius 2 is 1.09 bits per heavy atom. The molecule has 0 fully saturated rings. The number of alkyl halides is 15. The summed E-state index contributed by atoms with van der Waals surface area (Å²) < 4.78 is 209. The first-order chi connectivity index (χ1) is 14.9. The number of rotatable bonds is 11. The Bertz CT molecular complexity index is 818. The van der Waals surface area contributed by atoms with Crippen molar-refractivity contribution in [3.63, 3.8) is 0 Å². The molecule has 0 aromatic heterocycles. The molecular weight excluding hydrogens is 546 g/mol. The summed E-state index contributed by atoms with van der Waals surface area (Å²) in [6.45, 7) is -2.07. The van der Waals surface area contributed by atoms with Gasteiger partial charge in [0.25, 0.3) is 0 Å². The number of aliphatic hydroxyl groups excluding tert-OH is 1. The normalized spacial score (nSPS) is 16.9. The molecule has 0 heterocycles. The third-order valence-electron chi connectivity index (χ3n) is 4.21. The van der Waals surface area contributed by atoms with E-state index in [0.29, 0.717) is 0 Å². The first-order valence-electron chi connectivity index (χ1n) is 8.37. The van der Waals surface area contributed by atoms with Crippen LogP contribution >= 0.6 is 0 Å². The highest BCUT2D eigenvalue weighted by atomic mass is 19.4. The fourth-order valence-electron chi connectivity index (χ4n) is 2.38. The van der Waals surface area contributed by atoms with Crippen LogP contribution in [0.5, 0.6) is 0 Å². The highest BCUT2D eigenvalue weighted by Crippen LogP contribution is 2.63. The maximum Gasteiger partial charge on any atom is 0.460 e. The van der Waals surface area contributed by atoms with Gasteiger partial charge in [0, 0.05) is 0 Å². The zero-order valence-corrected chi connectivity index (χ0v) is 16.9. The van der Waals surface area contributed by atoms with Gasteiger partial charge < -0.3 is 14.7 Å². The number of likely N-dealkylation sites (N-methyl/N-ethyl adjacent to an activating group) is 1. The van der Waals surface area contributed by atoms with Gasteiger partial charge in [0.2, 0.25) is 0 Å². The van der Waals surface area contributed by atoms with Crippen LogP contribution in [0.1, 0.15) is 0 Å². The number of quaternary nitrogens is 1. The SMILES string of the molecule is C[N+](C)(CC(=O)O)CC(O)C=C(F)C(F)(F)C(F)(F)C(F)(F)C(F)(F)C(F)(F)C(F)(F)C(F)(F)F. The highest BCUT2D eigenvalue weighted by Gasteiger charge is 2.93. The monoisotopic (exact) mass is 560 g/mol. The summed E-state index contributed by atoms with van der Waals surface area (Å²) in [7, 11) is 1.85. The van der Waals surface area contributed by atoms with Crippen molar-refractivity contribution >= 4 is 5.97 Å². The molecule has 0 radical (unpaired) electrons. The Kier molecular flexibility index (Phi) is 8.63. The Morgan fingerprint density at radius 1 is 0.743 bits per heavy atom. The van der Waals surface area contributed by atoms with Gasteiger partial charge in [-0.25, -0.2) is 9.18 Å². The minimum atomic E-state index is -8.56. The third-order valence-corrected chi connectivity index (χ3v) is 4.21. The van der Waals surface area contributed by atoms with Crippen LogP contribution in [-0.2, 0) is 4.79 Å². The molecule has 1 unspecified atom stereocenters. The predicted octanol–water partition coefficient (Wildman–Crippen LogP) is 4.74. The average Bonchev–Trinajstić information content (AvgIpc) is 2.57. The quantitative estimate of drug-likeness (QED) is 0.284. The number of hydrogen-bond acceptors (Lipinski definition) is 2. The summed E-state index contributed by atoms with van der Waals surface area (Å²) in [5, 5.41) is 18.0. The molecule has 0 aliphatic carbocycles. The van der Waals surface area contributed by atoms with Crippen LogP contribution in [0.15, 0.2) is 11.9 Å². The van der Waals surface area contributed by atoms with E-state index in [1.54, 1.807) is 0 Å². The van der Waals surface area contributed by atoms with Crippen molar-refractivity contribution in [2.24, 2.45) is 0 Å². The highest BCUT2D eigenvalue weighted by molar-refractivity contribution is 5.67. The Hall–Kier alpha value is -1.99. The molecule has 0 saturated carbocycles. The number of aliphatic hydroxyl groups is 1. The van der Waals surface area contributed by atoms with E-state index in [1.807, 2.05) is 0 Å². The lowest BCUT2D eigenvalue weighted by Gasteiger charge is -2.41. The van der Waals surface area contributed by atoms with Gasteiger partial charge in [-0.1, -0.05) is 0 Å². The van der Waals surface area contributed by atoms with E-state index < -0.39 is 83.3 Å². The van der Waals surface area contributed by atoms with Crippen molar-refractivity contribution in [1.29, 1.82) is 0 Å². The molecule has 0 spiro atoms. The van der Waals surface area contributed by atoms with Crippen LogP contribution < -0.4 is 0 Å². The lowest BCUT2D eigenvalue weighted by molar-refractivity contribution is -0.885. The molecular formula is C15H14F16NO3+. The maximum absolute atomic E-state index is 13.7. The first kappa shape index (κ1) is 33.0. The van der Waals surface area contributed by atoms with Crippen LogP contribution in [0, 0.1) is 0 Å². The van der Waals surface area contributed by atoms with Gasteiger partial charge in [-0.3, -0.25) is 0 Å². The van der Waals surface area contributed by atoms with Crippen molar-refractivity contribution in [2.75, 3.05) is 27.2 Å². The van der Waals surface area contributed by atoms with Gasteiger partial charge in [0.15, 0.2) is 12.4 Å². The second kappa shape index (κ2) is 9.15. The second-order valence-corrected chi connectivity index (χ2v) is 7.70. The summed E-state index contributed by atoms with van der Waals surface area (Å²) in [6, 6.07) is 0. The lowest BCUT2D eigenvalue weighted by Crippen LogP contribution is -2.72. The smallest absolute Gasteiger partial charge is 0.460 e. The van der Waals surface area contributed by atoms with E-state index in [9.17, 15) is 80.1 Å². The summed E-state index contributed by atoms with van der Waals surface area (Å²) >= 11 is 0. The van der Waals surface area contributed by atoms with Crippen LogP contribution in [0.2, 0.25) is 0 Å². The number of carbonyl (C=O) groups is 1. The molecule has 0 amide bonds. The van der Waals surface area contributed by atoms with E-state index in [1.165, 1.54) is 0 Å². The van der Waals surface area contributed by atoms with E-state index in [2.05, 4.69) is 0 Å². The van der Waals surface area contributed by atoms with E-state index >= 15 is 0 Å². The number of carboxylic acid groups (broad SMARTS) is 1. The molecule has 0 saturated heterocycles. The minimum Gasteiger partial charge on any atom is -0.477 e. The molecule has 35 heavy (non-hydrogen) atoms. The molecule has 0 aliphatic rings. The van der Waals surface area contributed by atoms with E-state index in [-0.39, 0.29) is 0 Å². The molecule has 0 aromatic carbocycles.